The van der Waals surface area contributed by atoms with E-state index in [2.05, 4.69) is 5.10 Å². The van der Waals surface area contributed by atoms with Gasteiger partial charge in [0.1, 0.15) is 11.9 Å². The fraction of sp³-hybridized carbons (Fsp3) is 0.308. The van der Waals surface area contributed by atoms with E-state index in [1.165, 1.54) is 12.1 Å². The van der Waals surface area contributed by atoms with Gasteiger partial charge >= 0.3 is 0 Å². The Morgan fingerprint density at radius 3 is 2.59 bits per heavy atom. The first-order valence-electron chi connectivity index (χ1n) is 5.43. The van der Waals surface area contributed by atoms with Crippen LogP contribution in [0, 0.1) is 19.7 Å². The number of halogens is 1. The van der Waals surface area contributed by atoms with Gasteiger partial charge in [0, 0.05) is 18.8 Å². The molecule has 1 N–H and O–H groups in total. The fourth-order valence-electron chi connectivity index (χ4n) is 1.96. The minimum absolute atomic E-state index is 0.341. The molecule has 0 aliphatic carbocycles. The number of aromatic nitrogens is 2. The molecule has 3 nitrogen and oxygen atoms in total. The number of rotatable bonds is 2. The van der Waals surface area contributed by atoms with Gasteiger partial charge in [-0.05, 0) is 37.1 Å². The first kappa shape index (κ1) is 11.8. The van der Waals surface area contributed by atoms with E-state index in [0.717, 1.165) is 11.3 Å². The Balaban J connectivity index is 2.46. The van der Waals surface area contributed by atoms with Gasteiger partial charge in [0.15, 0.2) is 0 Å². The lowest BCUT2D eigenvalue weighted by atomic mass is 9.98. The monoisotopic (exact) mass is 234 g/mol. The predicted molar refractivity (Wildman–Crippen MR) is 63.1 cm³/mol. The predicted octanol–water partition coefficient (Wildman–Crippen LogP) is 2.26. The molecule has 90 valence electrons. The molecule has 17 heavy (non-hydrogen) atoms. The van der Waals surface area contributed by atoms with Crippen LogP contribution in [0.1, 0.15) is 28.5 Å². The second kappa shape index (κ2) is 4.30. The van der Waals surface area contributed by atoms with Crippen LogP contribution in [0.4, 0.5) is 4.39 Å². The normalized spacial score (nSPS) is 12.8. The van der Waals surface area contributed by atoms with Crippen LogP contribution in [0.3, 0.4) is 0 Å². The molecule has 0 bridgehead atoms. The minimum Gasteiger partial charge on any atom is -0.384 e. The Morgan fingerprint density at radius 2 is 2.00 bits per heavy atom. The minimum atomic E-state index is -0.834. The molecule has 0 aliphatic heterocycles. The van der Waals surface area contributed by atoms with E-state index in [4.69, 9.17) is 0 Å². The Labute approximate surface area is 99.5 Å². The third-order valence-corrected chi connectivity index (χ3v) is 2.88. The molecule has 0 saturated heterocycles. The summed E-state index contributed by atoms with van der Waals surface area (Å²) in [6, 6.07) is 4.42. The van der Waals surface area contributed by atoms with Gasteiger partial charge in [-0.2, -0.15) is 5.10 Å². The van der Waals surface area contributed by atoms with Crippen molar-refractivity contribution in [2.24, 2.45) is 7.05 Å². The van der Waals surface area contributed by atoms with Crippen LogP contribution in [0.15, 0.2) is 24.4 Å². The van der Waals surface area contributed by atoms with Gasteiger partial charge in [0.05, 0.1) is 5.69 Å². The molecule has 2 rings (SSSR count). The average molecular weight is 234 g/mol. The fourth-order valence-corrected chi connectivity index (χ4v) is 1.96. The quantitative estimate of drug-likeness (QED) is 0.865. The summed E-state index contributed by atoms with van der Waals surface area (Å²) < 4.78 is 14.8. The lowest BCUT2D eigenvalue weighted by Crippen LogP contribution is -2.03. The van der Waals surface area contributed by atoms with Gasteiger partial charge in [-0.1, -0.05) is 6.07 Å². The Kier molecular flexibility index (Phi) is 2.98. The molecule has 1 aromatic carbocycles. The molecule has 1 atom stereocenters. The molecule has 0 spiro atoms. The summed E-state index contributed by atoms with van der Waals surface area (Å²) in [5, 5.41) is 14.4. The number of hydrogen-bond acceptors (Lipinski definition) is 2. The number of benzene rings is 1. The molecular weight excluding hydrogens is 219 g/mol. The first-order chi connectivity index (χ1) is 7.99. The van der Waals surface area contributed by atoms with Crippen LogP contribution in [0.2, 0.25) is 0 Å². The molecule has 0 amide bonds. The van der Waals surface area contributed by atoms with Gasteiger partial charge in [-0.15, -0.1) is 0 Å². The van der Waals surface area contributed by atoms with Crippen LogP contribution in [-0.4, -0.2) is 14.9 Å². The van der Waals surface area contributed by atoms with Crippen molar-refractivity contribution in [3.05, 3.63) is 52.6 Å². The summed E-state index contributed by atoms with van der Waals surface area (Å²) in [5.41, 5.74) is 2.91. The Bertz CT molecular complexity index is 548. The highest BCUT2D eigenvalue weighted by Crippen LogP contribution is 2.26. The van der Waals surface area contributed by atoms with Crippen molar-refractivity contribution in [3.8, 4) is 0 Å². The standard InChI is InChI=1S/C13H15FN2O/c1-8-4-5-10(14)6-11(8)13(17)12-7-16(3)15-9(12)2/h4-7,13,17H,1-3H3. The van der Waals surface area contributed by atoms with Gasteiger partial charge in [0.2, 0.25) is 0 Å². The maximum atomic E-state index is 13.2. The maximum Gasteiger partial charge on any atom is 0.123 e. The average Bonchev–Trinajstić information content (AvgIpc) is 2.60. The van der Waals surface area contributed by atoms with E-state index in [1.54, 1.807) is 24.0 Å². The zero-order chi connectivity index (χ0) is 12.6. The van der Waals surface area contributed by atoms with Crippen molar-refractivity contribution in [1.29, 1.82) is 0 Å². The van der Waals surface area contributed by atoms with Crippen molar-refractivity contribution in [2.45, 2.75) is 20.0 Å². The molecule has 1 heterocycles. The smallest absolute Gasteiger partial charge is 0.123 e. The summed E-state index contributed by atoms with van der Waals surface area (Å²) in [4.78, 5) is 0. The summed E-state index contributed by atoms with van der Waals surface area (Å²) in [6.07, 6.45) is 0.920. The van der Waals surface area contributed by atoms with E-state index in [0.29, 0.717) is 11.1 Å². The highest BCUT2D eigenvalue weighted by atomic mass is 19.1. The number of aliphatic hydroxyl groups excluding tert-OH is 1. The topological polar surface area (TPSA) is 38.0 Å². The summed E-state index contributed by atoms with van der Waals surface area (Å²) in [5.74, 6) is -0.341. The van der Waals surface area contributed by atoms with Gasteiger partial charge in [0.25, 0.3) is 0 Å². The van der Waals surface area contributed by atoms with E-state index in [-0.39, 0.29) is 5.82 Å². The van der Waals surface area contributed by atoms with Gasteiger partial charge in [-0.3, -0.25) is 4.68 Å². The third kappa shape index (κ3) is 2.22. The molecule has 1 aromatic heterocycles. The van der Waals surface area contributed by atoms with Crippen LogP contribution < -0.4 is 0 Å². The number of nitrogens with zero attached hydrogens (tertiary/aromatic N) is 2. The van der Waals surface area contributed by atoms with Crippen molar-refractivity contribution in [2.75, 3.05) is 0 Å². The zero-order valence-corrected chi connectivity index (χ0v) is 10.1. The second-order valence-corrected chi connectivity index (χ2v) is 4.25. The van der Waals surface area contributed by atoms with E-state index >= 15 is 0 Å². The van der Waals surface area contributed by atoms with Gasteiger partial charge in [-0.25, -0.2) is 4.39 Å². The van der Waals surface area contributed by atoms with Crippen molar-refractivity contribution >= 4 is 0 Å². The highest BCUT2D eigenvalue weighted by molar-refractivity contribution is 5.36. The largest absolute Gasteiger partial charge is 0.384 e. The molecular formula is C13H15FN2O. The summed E-state index contributed by atoms with van der Waals surface area (Å²) in [7, 11) is 1.79. The van der Waals surface area contributed by atoms with Crippen molar-refractivity contribution in [3.63, 3.8) is 0 Å². The second-order valence-electron chi connectivity index (χ2n) is 4.25. The van der Waals surface area contributed by atoms with Crippen LogP contribution >= 0.6 is 0 Å². The SMILES string of the molecule is Cc1ccc(F)cc1C(O)c1cn(C)nc1C. The third-order valence-electron chi connectivity index (χ3n) is 2.88. The Morgan fingerprint density at radius 1 is 1.29 bits per heavy atom. The molecule has 0 radical (unpaired) electrons. The number of hydrogen-bond donors (Lipinski definition) is 1. The van der Waals surface area contributed by atoms with Crippen LogP contribution in [-0.2, 0) is 7.05 Å². The van der Waals surface area contributed by atoms with Gasteiger partial charge < -0.3 is 5.11 Å². The summed E-state index contributed by atoms with van der Waals surface area (Å²) in [6.45, 7) is 3.68. The lowest BCUT2D eigenvalue weighted by Gasteiger charge is -2.13. The maximum absolute atomic E-state index is 13.2. The van der Waals surface area contributed by atoms with Crippen molar-refractivity contribution in [1.82, 2.24) is 9.78 Å². The molecule has 1 unspecified atom stereocenters. The Hall–Kier alpha value is -1.68. The van der Waals surface area contributed by atoms with Crippen LogP contribution in [0.25, 0.3) is 0 Å². The highest BCUT2D eigenvalue weighted by Gasteiger charge is 2.18. The van der Waals surface area contributed by atoms with Crippen LogP contribution in [0.5, 0.6) is 0 Å². The summed E-state index contributed by atoms with van der Waals surface area (Å²) >= 11 is 0. The zero-order valence-electron chi connectivity index (χ0n) is 10.1. The van der Waals surface area contributed by atoms with E-state index in [1.807, 2.05) is 13.8 Å². The molecule has 4 heteroatoms. The van der Waals surface area contributed by atoms with Crippen molar-refractivity contribution < 1.29 is 9.50 Å². The molecule has 0 saturated carbocycles. The number of aryl methyl sites for hydroxylation is 3. The first-order valence-corrected chi connectivity index (χ1v) is 5.43. The molecule has 2 aromatic rings. The lowest BCUT2D eigenvalue weighted by molar-refractivity contribution is 0.218. The molecule has 0 fully saturated rings. The van der Waals surface area contributed by atoms with E-state index < -0.39 is 6.10 Å². The molecule has 0 aliphatic rings. The van der Waals surface area contributed by atoms with E-state index in [9.17, 15) is 9.50 Å². The number of aliphatic hydroxyl groups is 1.